The Labute approximate surface area is 73.6 Å². The zero-order valence-corrected chi connectivity index (χ0v) is 8.18. The second-order valence-electron chi connectivity index (χ2n) is 4.19. The fraction of sp³-hybridized carbons (Fsp3) is 0.700. The Bertz CT molecular complexity index is 224. The van der Waals surface area contributed by atoms with E-state index < -0.39 is 5.60 Å². The van der Waals surface area contributed by atoms with Gasteiger partial charge in [0.05, 0.1) is 0 Å². The van der Waals surface area contributed by atoms with E-state index in [1.54, 1.807) is 19.9 Å². The van der Waals surface area contributed by atoms with Gasteiger partial charge in [0.2, 0.25) is 5.78 Å². The standard InChI is InChI=1S/C10H16O2/c1-7(2)5-8-6-9(11)10(3,4)12-8/h6-7H,5H2,1-4H3. The van der Waals surface area contributed by atoms with Gasteiger partial charge in [0.15, 0.2) is 5.60 Å². The third kappa shape index (κ3) is 1.87. The van der Waals surface area contributed by atoms with Crippen LogP contribution in [0.5, 0.6) is 0 Å². The zero-order valence-electron chi connectivity index (χ0n) is 8.18. The first-order valence-corrected chi connectivity index (χ1v) is 4.36. The molecule has 1 heterocycles. The van der Waals surface area contributed by atoms with Gasteiger partial charge in [-0.2, -0.15) is 0 Å². The zero-order chi connectivity index (χ0) is 9.35. The van der Waals surface area contributed by atoms with E-state index in [2.05, 4.69) is 13.8 Å². The predicted molar refractivity (Wildman–Crippen MR) is 47.7 cm³/mol. The molecule has 0 unspecified atom stereocenters. The monoisotopic (exact) mass is 168 g/mol. The summed E-state index contributed by atoms with van der Waals surface area (Å²) in [6, 6.07) is 0. The Kier molecular flexibility index (Phi) is 2.27. The van der Waals surface area contributed by atoms with E-state index in [9.17, 15) is 4.79 Å². The summed E-state index contributed by atoms with van der Waals surface area (Å²) >= 11 is 0. The summed E-state index contributed by atoms with van der Waals surface area (Å²) in [5.41, 5.74) is -0.621. The maximum atomic E-state index is 11.3. The molecule has 0 spiro atoms. The van der Waals surface area contributed by atoms with Gasteiger partial charge in [-0.15, -0.1) is 0 Å². The van der Waals surface area contributed by atoms with Crippen molar-refractivity contribution in [3.63, 3.8) is 0 Å². The van der Waals surface area contributed by atoms with Gasteiger partial charge in [-0.25, -0.2) is 0 Å². The Balaban J connectivity index is 2.62. The molecule has 0 saturated heterocycles. The molecular formula is C10H16O2. The molecule has 1 aliphatic heterocycles. The van der Waals surface area contributed by atoms with Crippen LogP contribution >= 0.6 is 0 Å². The molecule has 68 valence electrons. The van der Waals surface area contributed by atoms with E-state index in [1.165, 1.54) is 0 Å². The van der Waals surface area contributed by atoms with Crippen LogP contribution in [0.15, 0.2) is 11.8 Å². The highest BCUT2D eigenvalue weighted by Gasteiger charge is 2.34. The highest BCUT2D eigenvalue weighted by atomic mass is 16.5. The Morgan fingerprint density at radius 1 is 1.50 bits per heavy atom. The van der Waals surface area contributed by atoms with E-state index in [-0.39, 0.29) is 5.78 Å². The molecule has 0 fully saturated rings. The van der Waals surface area contributed by atoms with Crippen LogP contribution in [0.2, 0.25) is 0 Å². The number of allylic oxidation sites excluding steroid dienone is 1. The molecule has 1 aliphatic rings. The van der Waals surface area contributed by atoms with Crippen molar-refractivity contribution in [2.24, 2.45) is 5.92 Å². The van der Waals surface area contributed by atoms with E-state index in [0.29, 0.717) is 5.92 Å². The van der Waals surface area contributed by atoms with Crippen molar-refractivity contribution >= 4 is 5.78 Å². The Morgan fingerprint density at radius 3 is 2.42 bits per heavy atom. The molecule has 0 bridgehead atoms. The van der Waals surface area contributed by atoms with Crippen LogP contribution in [-0.4, -0.2) is 11.4 Å². The van der Waals surface area contributed by atoms with Crippen molar-refractivity contribution in [3.05, 3.63) is 11.8 Å². The van der Waals surface area contributed by atoms with Crippen LogP contribution in [0.4, 0.5) is 0 Å². The Hall–Kier alpha value is -0.790. The van der Waals surface area contributed by atoms with Gasteiger partial charge in [-0.05, 0) is 19.8 Å². The summed E-state index contributed by atoms with van der Waals surface area (Å²) in [6.45, 7) is 7.83. The first kappa shape index (κ1) is 9.30. The summed E-state index contributed by atoms with van der Waals surface area (Å²) in [5, 5.41) is 0. The molecule has 0 aromatic heterocycles. The molecular weight excluding hydrogens is 152 g/mol. The maximum Gasteiger partial charge on any atom is 0.201 e. The molecule has 0 aliphatic carbocycles. The van der Waals surface area contributed by atoms with Gasteiger partial charge in [-0.3, -0.25) is 4.79 Å². The number of rotatable bonds is 2. The highest BCUT2D eigenvalue weighted by Crippen LogP contribution is 2.27. The number of hydrogen-bond donors (Lipinski definition) is 0. The lowest BCUT2D eigenvalue weighted by molar-refractivity contribution is -0.127. The third-order valence-corrected chi connectivity index (χ3v) is 1.88. The largest absolute Gasteiger partial charge is 0.484 e. The van der Waals surface area contributed by atoms with Crippen LogP contribution in [0.25, 0.3) is 0 Å². The van der Waals surface area contributed by atoms with Gasteiger partial charge in [0.1, 0.15) is 5.76 Å². The smallest absolute Gasteiger partial charge is 0.201 e. The first-order valence-electron chi connectivity index (χ1n) is 4.36. The number of carbonyl (C=O) groups excluding carboxylic acids is 1. The SMILES string of the molecule is CC(C)CC1=CC(=O)C(C)(C)O1. The highest BCUT2D eigenvalue weighted by molar-refractivity contribution is 5.98. The normalized spacial score (nSPS) is 21.1. The van der Waals surface area contributed by atoms with Crippen LogP contribution in [0.1, 0.15) is 34.1 Å². The van der Waals surface area contributed by atoms with E-state index in [0.717, 1.165) is 12.2 Å². The Morgan fingerprint density at radius 2 is 2.08 bits per heavy atom. The summed E-state index contributed by atoms with van der Waals surface area (Å²) in [7, 11) is 0. The molecule has 0 radical (unpaired) electrons. The molecule has 0 aromatic carbocycles. The minimum absolute atomic E-state index is 0.0816. The minimum Gasteiger partial charge on any atom is -0.484 e. The molecule has 2 heteroatoms. The van der Waals surface area contributed by atoms with E-state index in [1.807, 2.05) is 0 Å². The molecule has 2 nitrogen and oxygen atoms in total. The van der Waals surface area contributed by atoms with Crippen LogP contribution < -0.4 is 0 Å². The van der Waals surface area contributed by atoms with Crippen LogP contribution in [-0.2, 0) is 9.53 Å². The average molecular weight is 168 g/mol. The molecule has 0 amide bonds. The molecule has 0 N–H and O–H groups in total. The lowest BCUT2D eigenvalue weighted by Crippen LogP contribution is -2.27. The third-order valence-electron chi connectivity index (χ3n) is 1.88. The molecule has 0 atom stereocenters. The van der Waals surface area contributed by atoms with Crippen molar-refractivity contribution in [2.45, 2.75) is 39.7 Å². The molecule has 0 saturated carbocycles. The van der Waals surface area contributed by atoms with Crippen LogP contribution in [0.3, 0.4) is 0 Å². The van der Waals surface area contributed by atoms with Crippen LogP contribution in [0, 0.1) is 5.92 Å². The fourth-order valence-corrected chi connectivity index (χ4v) is 1.23. The average Bonchev–Trinajstić information content (AvgIpc) is 2.04. The maximum absolute atomic E-state index is 11.3. The van der Waals surface area contributed by atoms with Crippen molar-refractivity contribution in [1.29, 1.82) is 0 Å². The van der Waals surface area contributed by atoms with Gasteiger partial charge < -0.3 is 4.74 Å². The summed E-state index contributed by atoms with van der Waals surface area (Å²) in [6.07, 6.45) is 2.48. The van der Waals surface area contributed by atoms with Gasteiger partial charge in [-0.1, -0.05) is 13.8 Å². The number of ether oxygens (including phenoxy) is 1. The van der Waals surface area contributed by atoms with Crippen molar-refractivity contribution in [3.8, 4) is 0 Å². The lowest BCUT2D eigenvalue weighted by atomic mass is 10.1. The minimum atomic E-state index is -0.621. The quantitative estimate of drug-likeness (QED) is 0.632. The fourth-order valence-electron chi connectivity index (χ4n) is 1.23. The van der Waals surface area contributed by atoms with E-state index in [4.69, 9.17) is 4.74 Å². The molecule has 12 heavy (non-hydrogen) atoms. The topological polar surface area (TPSA) is 26.3 Å². The number of carbonyl (C=O) groups is 1. The van der Waals surface area contributed by atoms with Gasteiger partial charge in [0.25, 0.3) is 0 Å². The first-order chi connectivity index (χ1) is 5.42. The van der Waals surface area contributed by atoms with Crippen molar-refractivity contribution in [2.75, 3.05) is 0 Å². The van der Waals surface area contributed by atoms with Gasteiger partial charge in [0, 0.05) is 12.5 Å². The predicted octanol–water partition coefficient (Wildman–Crippen LogP) is 2.29. The van der Waals surface area contributed by atoms with Gasteiger partial charge >= 0.3 is 0 Å². The van der Waals surface area contributed by atoms with E-state index >= 15 is 0 Å². The molecule has 0 aromatic rings. The number of hydrogen-bond acceptors (Lipinski definition) is 2. The van der Waals surface area contributed by atoms with Crippen molar-refractivity contribution in [1.82, 2.24) is 0 Å². The second kappa shape index (κ2) is 2.92. The molecule has 1 rings (SSSR count). The lowest BCUT2D eigenvalue weighted by Gasteiger charge is -2.18. The van der Waals surface area contributed by atoms with Crippen molar-refractivity contribution < 1.29 is 9.53 Å². The summed E-state index contributed by atoms with van der Waals surface area (Å²) < 4.78 is 5.48. The summed E-state index contributed by atoms with van der Waals surface area (Å²) in [4.78, 5) is 11.3. The number of ketones is 1. The second-order valence-corrected chi connectivity index (χ2v) is 4.19. The summed E-state index contributed by atoms with van der Waals surface area (Å²) in [5.74, 6) is 1.45.